The first-order chi connectivity index (χ1) is 9.42. The van der Waals surface area contributed by atoms with Crippen LogP contribution in [0, 0.1) is 12.3 Å². The second-order valence-corrected chi connectivity index (χ2v) is 8.86. The zero-order chi connectivity index (χ0) is 16.6. The fraction of sp³-hybridized carbons (Fsp3) is 0.600. The molecule has 1 atom stereocenters. The smallest absolute Gasteiger partial charge is 0.243 e. The van der Waals surface area contributed by atoms with Gasteiger partial charge in [0.25, 0.3) is 0 Å². The van der Waals surface area contributed by atoms with E-state index in [-0.39, 0.29) is 22.9 Å². The van der Waals surface area contributed by atoms with E-state index in [2.05, 4.69) is 0 Å². The first kappa shape index (κ1) is 18.4. The van der Waals surface area contributed by atoms with Crippen LogP contribution in [-0.2, 0) is 16.6 Å². The van der Waals surface area contributed by atoms with Crippen LogP contribution in [0.3, 0.4) is 0 Å². The molecule has 6 heteroatoms. The van der Waals surface area contributed by atoms with Gasteiger partial charge in [-0.25, -0.2) is 8.42 Å². The Bertz CT molecular complexity index is 621. The summed E-state index contributed by atoms with van der Waals surface area (Å²) in [5.74, 6) is 0. The van der Waals surface area contributed by atoms with E-state index in [0.29, 0.717) is 10.6 Å². The van der Waals surface area contributed by atoms with Crippen molar-refractivity contribution in [3.8, 4) is 0 Å². The van der Waals surface area contributed by atoms with Gasteiger partial charge in [-0.3, -0.25) is 0 Å². The van der Waals surface area contributed by atoms with Crippen molar-refractivity contribution in [1.29, 1.82) is 0 Å². The highest BCUT2D eigenvalue weighted by Crippen LogP contribution is 2.31. The first-order valence-electron chi connectivity index (χ1n) is 6.90. The average Bonchev–Trinajstić information content (AvgIpc) is 2.37. The van der Waals surface area contributed by atoms with Crippen LogP contribution in [0.2, 0.25) is 5.02 Å². The van der Waals surface area contributed by atoms with Gasteiger partial charge in [-0.1, -0.05) is 32.4 Å². The number of benzene rings is 1. The van der Waals surface area contributed by atoms with Crippen LogP contribution >= 0.6 is 11.6 Å². The molecule has 0 fully saturated rings. The maximum absolute atomic E-state index is 12.9. The van der Waals surface area contributed by atoms with Gasteiger partial charge in [0.05, 0.1) is 4.90 Å². The number of nitrogens with zero attached hydrogens (tertiary/aromatic N) is 1. The van der Waals surface area contributed by atoms with Crippen molar-refractivity contribution < 1.29 is 8.42 Å². The summed E-state index contributed by atoms with van der Waals surface area (Å²) in [6.45, 7) is 9.97. The molecule has 0 bridgehead atoms. The van der Waals surface area contributed by atoms with E-state index < -0.39 is 10.0 Å². The Hall–Kier alpha value is -0.620. The Balaban J connectivity index is 3.42. The predicted molar refractivity (Wildman–Crippen MR) is 87.9 cm³/mol. The number of hydrogen-bond acceptors (Lipinski definition) is 3. The quantitative estimate of drug-likeness (QED) is 0.921. The van der Waals surface area contributed by atoms with Crippen LogP contribution in [-0.4, -0.2) is 25.8 Å². The lowest BCUT2D eigenvalue weighted by molar-refractivity contribution is 0.216. The van der Waals surface area contributed by atoms with Gasteiger partial charge >= 0.3 is 0 Å². The Morgan fingerprint density at radius 2 is 1.86 bits per heavy atom. The number of halogens is 1. The molecule has 0 saturated heterocycles. The first-order valence-corrected chi connectivity index (χ1v) is 8.71. The van der Waals surface area contributed by atoms with E-state index in [1.54, 1.807) is 20.0 Å². The molecule has 0 aromatic heterocycles. The van der Waals surface area contributed by atoms with Gasteiger partial charge in [0.2, 0.25) is 10.0 Å². The molecule has 0 saturated carbocycles. The SMILES string of the molecule is Cc1c(CN)cc(Cl)cc1S(=O)(=O)N(C)C(C)C(C)(C)C. The van der Waals surface area contributed by atoms with Gasteiger partial charge in [-0.05, 0) is 42.5 Å². The van der Waals surface area contributed by atoms with E-state index in [1.807, 2.05) is 27.7 Å². The number of rotatable bonds is 4. The predicted octanol–water partition coefficient (Wildman–Crippen LogP) is 3.16. The summed E-state index contributed by atoms with van der Waals surface area (Å²) >= 11 is 6.04. The standard InChI is InChI=1S/C15H25ClN2O2S/c1-10-12(9-17)7-13(16)8-14(10)21(19,20)18(6)11(2)15(3,4)5/h7-8,11H,9,17H2,1-6H3. The number of sulfonamides is 1. The zero-order valence-electron chi connectivity index (χ0n) is 13.6. The third-order valence-corrected chi connectivity index (χ3v) is 6.38. The lowest BCUT2D eigenvalue weighted by atomic mass is 9.88. The average molecular weight is 333 g/mol. The number of hydrogen-bond donors (Lipinski definition) is 1. The van der Waals surface area contributed by atoms with Crippen molar-refractivity contribution in [2.75, 3.05) is 7.05 Å². The topological polar surface area (TPSA) is 63.4 Å². The molecule has 0 heterocycles. The van der Waals surface area contributed by atoms with Crippen molar-refractivity contribution in [3.63, 3.8) is 0 Å². The van der Waals surface area contributed by atoms with Gasteiger partial charge in [0.1, 0.15) is 0 Å². The molecule has 0 aliphatic rings. The van der Waals surface area contributed by atoms with Crippen molar-refractivity contribution >= 4 is 21.6 Å². The summed E-state index contributed by atoms with van der Waals surface area (Å²) in [6, 6.07) is 3.06. The maximum atomic E-state index is 12.9. The van der Waals surface area contributed by atoms with Gasteiger partial charge in [0.15, 0.2) is 0 Å². The molecule has 1 unspecified atom stereocenters. The van der Waals surface area contributed by atoms with E-state index in [1.165, 1.54) is 10.4 Å². The second-order valence-electron chi connectivity index (χ2n) is 6.46. The van der Waals surface area contributed by atoms with Crippen molar-refractivity contribution in [2.45, 2.75) is 52.1 Å². The van der Waals surface area contributed by atoms with E-state index in [4.69, 9.17) is 17.3 Å². The van der Waals surface area contributed by atoms with E-state index >= 15 is 0 Å². The van der Waals surface area contributed by atoms with Crippen LogP contribution in [0.15, 0.2) is 17.0 Å². The van der Waals surface area contributed by atoms with Crippen molar-refractivity contribution in [2.24, 2.45) is 11.1 Å². The van der Waals surface area contributed by atoms with Crippen LogP contribution < -0.4 is 5.73 Å². The summed E-state index contributed by atoms with van der Waals surface area (Å²) in [7, 11) is -2.01. The normalized spacial score (nSPS) is 14.5. The Labute approximate surface area is 133 Å². The van der Waals surface area contributed by atoms with E-state index in [9.17, 15) is 8.42 Å². The summed E-state index contributed by atoms with van der Waals surface area (Å²) in [4.78, 5) is 0.231. The Kier molecular flexibility index (Phi) is 5.48. The molecule has 0 aliphatic carbocycles. The van der Waals surface area contributed by atoms with E-state index in [0.717, 1.165) is 5.56 Å². The van der Waals surface area contributed by atoms with Crippen LogP contribution in [0.1, 0.15) is 38.8 Å². The molecule has 4 nitrogen and oxygen atoms in total. The minimum absolute atomic E-state index is 0.151. The highest BCUT2D eigenvalue weighted by Gasteiger charge is 2.33. The highest BCUT2D eigenvalue weighted by molar-refractivity contribution is 7.89. The van der Waals surface area contributed by atoms with Crippen LogP contribution in [0.5, 0.6) is 0 Å². The largest absolute Gasteiger partial charge is 0.326 e. The third-order valence-electron chi connectivity index (χ3n) is 4.11. The minimum atomic E-state index is -3.61. The molecule has 1 aromatic rings. The fourth-order valence-electron chi connectivity index (χ4n) is 2.10. The number of nitrogens with two attached hydrogens (primary N) is 1. The molecule has 0 radical (unpaired) electrons. The van der Waals surface area contributed by atoms with Crippen LogP contribution in [0.25, 0.3) is 0 Å². The Morgan fingerprint density at radius 1 is 1.33 bits per heavy atom. The molecule has 1 rings (SSSR count). The lowest BCUT2D eigenvalue weighted by Gasteiger charge is -2.35. The maximum Gasteiger partial charge on any atom is 0.243 e. The molecule has 2 N–H and O–H groups in total. The minimum Gasteiger partial charge on any atom is -0.326 e. The molecule has 1 aromatic carbocycles. The van der Waals surface area contributed by atoms with Crippen LogP contribution in [0.4, 0.5) is 0 Å². The van der Waals surface area contributed by atoms with Crippen molar-refractivity contribution in [1.82, 2.24) is 4.31 Å². The molecular formula is C15H25ClN2O2S. The van der Waals surface area contributed by atoms with Gasteiger partial charge in [-0.2, -0.15) is 4.31 Å². The molecule has 120 valence electrons. The summed E-state index contributed by atoms with van der Waals surface area (Å²) in [6.07, 6.45) is 0. The van der Waals surface area contributed by atoms with Crippen molar-refractivity contribution in [3.05, 3.63) is 28.3 Å². The lowest BCUT2D eigenvalue weighted by Crippen LogP contribution is -2.43. The van der Waals surface area contributed by atoms with Gasteiger partial charge in [-0.15, -0.1) is 0 Å². The Morgan fingerprint density at radius 3 is 2.29 bits per heavy atom. The molecule has 0 aliphatic heterocycles. The summed E-state index contributed by atoms with van der Waals surface area (Å²) < 4.78 is 27.2. The molecule has 0 spiro atoms. The summed E-state index contributed by atoms with van der Waals surface area (Å²) in [5.41, 5.74) is 6.92. The molecule has 0 amide bonds. The zero-order valence-corrected chi connectivity index (χ0v) is 15.1. The summed E-state index contributed by atoms with van der Waals surface area (Å²) in [5, 5.41) is 0.386. The molecular weight excluding hydrogens is 308 g/mol. The third kappa shape index (κ3) is 3.77. The van der Waals surface area contributed by atoms with Gasteiger partial charge in [0, 0.05) is 24.7 Å². The fourth-order valence-corrected chi connectivity index (χ4v) is 4.24. The highest BCUT2D eigenvalue weighted by atomic mass is 35.5. The van der Waals surface area contributed by atoms with Gasteiger partial charge < -0.3 is 5.73 Å². The molecule has 21 heavy (non-hydrogen) atoms. The second kappa shape index (κ2) is 6.24. The monoisotopic (exact) mass is 332 g/mol.